The lowest BCUT2D eigenvalue weighted by molar-refractivity contribution is -0.141. The van der Waals surface area contributed by atoms with Crippen molar-refractivity contribution < 1.29 is 30.7 Å². The molecule has 0 bridgehead atoms. The van der Waals surface area contributed by atoms with Gasteiger partial charge in [0.15, 0.2) is 5.82 Å². The molecule has 1 fully saturated rings. The van der Waals surface area contributed by atoms with Crippen LogP contribution in [0.5, 0.6) is 0 Å². The molecule has 3 aromatic rings. The summed E-state index contributed by atoms with van der Waals surface area (Å²) in [6.45, 7) is 0.333. The van der Waals surface area contributed by atoms with Crippen LogP contribution in [-0.4, -0.2) is 44.2 Å². The lowest BCUT2D eigenvalue weighted by atomic mass is 10.1. The smallest absolute Gasteiger partial charge is 0.338 e. The summed E-state index contributed by atoms with van der Waals surface area (Å²) in [5, 5.41) is 2.59. The van der Waals surface area contributed by atoms with Gasteiger partial charge in [0.05, 0.1) is 6.54 Å². The first-order valence-corrected chi connectivity index (χ1v) is 9.99. The number of hydrogen-bond donors (Lipinski definition) is 1. The van der Waals surface area contributed by atoms with Gasteiger partial charge < -0.3 is 10.2 Å². The first-order valence-electron chi connectivity index (χ1n) is 9.99. The highest BCUT2D eigenvalue weighted by Gasteiger charge is 2.34. The minimum absolute atomic E-state index is 0.0424. The molecular formula is C20H16F7N7. The summed E-state index contributed by atoms with van der Waals surface area (Å²) in [7, 11) is 0. The molecule has 1 atom stereocenters. The van der Waals surface area contributed by atoms with E-state index < -0.39 is 29.9 Å². The normalized spacial score (nSPS) is 17.0. The quantitative estimate of drug-likeness (QED) is 0.516. The first kappa shape index (κ1) is 23.6. The molecule has 4 heterocycles. The summed E-state index contributed by atoms with van der Waals surface area (Å²) < 4.78 is 92.3. The van der Waals surface area contributed by atoms with Crippen LogP contribution in [0.2, 0.25) is 0 Å². The Morgan fingerprint density at radius 2 is 1.68 bits per heavy atom. The highest BCUT2D eigenvalue weighted by molar-refractivity contribution is 5.59. The number of hydrogen-bond acceptors (Lipinski definition) is 7. The molecule has 1 aliphatic rings. The zero-order valence-electron chi connectivity index (χ0n) is 17.2. The van der Waals surface area contributed by atoms with E-state index in [0.29, 0.717) is 19.4 Å². The number of anilines is 3. The molecular weight excluding hydrogens is 471 g/mol. The van der Waals surface area contributed by atoms with Crippen LogP contribution in [0.1, 0.15) is 24.2 Å². The maximum atomic E-state index is 14.0. The van der Waals surface area contributed by atoms with Crippen LogP contribution >= 0.6 is 0 Å². The van der Waals surface area contributed by atoms with Crippen molar-refractivity contribution in [2.75, 3.05) is 23.3 Å². The lowest BCUT2D eigenvalue weighted by Crippen LogP contribution is -2.37. The molecule has 0 radical (unpaired) electrons. The number of aromatic nitrogens is 5. The topological polar surface area (TPSA) is 79.7 Å². The van der Waals surface area contributed by atoms with Crippen molar-refractivity contribution in [2.24, 2.45) is 0 Å². The zero-order chi connectivity index (χ0) is 24.5. The molecule has 1 unspecified atom stereocenters. The van der Waals surface area contributed by atoms with Crippen molar-refractivity contribution >= 4 is 17.6 Å². The van der Waals surface area contributed by atoms with E-state index >= 15 is 0 Å². The number of rotatable bonds is 4. The maximum absolute atomic E-state index is 14.0. The largest absolute Gasteiger partial charge is 0.433 e. The van der Waals surface area contributed by atoms with Crippen molar-refractivity contribution in [1.82, 2.24) is 24.9 Å². The fraction of sp³-hybridized carbons (Fsp3) is 0.350. The van der Waals surface area contributed by atoms with Gasteiger partial charge in [0.2, 0.25) is 11.9 Å². The Balaban J connectivity index is 1.75. The molecule has 180 valence electrons. The lowest BCUT2D eigenvalue weighted by Gasteiger charge is -2.29. The van der Waals surface area contributed by atoms with Crippen LogP contribution in [0.25, 0.3) is 11.5 Å². The van der Waals surface area contributed by atoms with Crippen LogP contribution in [-0.2, 0) is 12.4 Å². The number of halogens is 7. The van der Waals surface area contributed by atoms with E-state index in [-0.39, 0.29) is 35.6 Å². The van der Waals surface area contributed by atoms with Gasteiger partial charge in [-0.05, 0) is 37.1 Å². The Kier molecular flexibility index (Phi) is 6.23. The molecule has 34 heavy (non-hydrogen) atoms. The SMILES string of the molecule is FC1CCCN(c2nc(Nc3ccnc(C(F)(F)F)c3)nc(-c3cccc(C(F)(F)F)n3)n2)C1. The molecule has 0 aromatic carbocycles. The molecule has 0 amide bonds. The van der Waals surface area contributed by atoms with Gasteiger partial charge in [-0.25, -0.2) is 9.37 Å². The summed E-state index contributed by atoms with van der Waals surface area (Å²) in [6, 6.07) is 5.11. The predicted octanol–water partition coefficient (Wildman–Crippen LogP) is 5.05. The molecule has 1 N–H and O–H groups in total. The van der Waals surface area contributed by atoms with E-state index in [9.17, 15) is 30.7 Å². The van der Waals surface area contributed by atoms with Gasteiger partial charge in [0, 0.05) is 18.4 Å². The fourth-order valence-corrected chi connectivity index (χ4v) is 3.29. The third-order valence-electron chi connectivity index (χ3n) is 4.85. The number of nitrogens with zero attached hydrogens (tertiary/aromatic N) is 6. The Labute approximate surface area is 188 Å². The monoisotopic (exact) mass is 487 g/mol. The molecule has 0 saturated carbocycles. The van der Waals surface area contributed by atoms with Crippen LogP contribution in [0, 0.1) is 0 Å². The summed E-state index contributed by atoms with van der Waals surface area (Å²) in [5.74, 6) is -0.552. The molecule has 7 nitrogen and oxygen atoms in total. The van der Waals surface area contributed by atoms with Crippen LogP contribution < -0.4 is 10.2 Å². The van der Waals surface area contributed by atoms with Crippen LogP contribution in [0.3, 0.4) is 0 Å². The van der Waals surface area contributed by atoms with E-state index in [2.05, 4.69) is 30.2 Å². The number of alkyl halides is 7. The highest BCUT2D eigenvalue weighted by atomic mass is 19.4. The standard InChI is InChI=1S/C20H16F7N7/c21-11-3-2-8-34(10-11)18-32-16(13-4-1-5-14(30-13)19(22,23)24)31-17(33-18)29-12-6-7-28-15(9-12)20(25,26)27/h1,4-7,9,11H,2-3,8,10H2,(H,28,29,31,32,33). The maximum Gasteiger partial charge on any atom is 0.433 e. The minimum atomic E-state index is -4.72. The fourth-order valence-electron chi connectivity index (χ4n) is 3.29. The third kappa shape index (κ3) is 5.48. The second-order valence-electron chi connectivity index (χ2n) is 7.43. The summed E-state index contributed by atoms with van der Waals surface area (Å²) in [4.78, 5) is 20.7. The van der Waals surface area contributed by atoms with Crippen molar-refractivity contribution in [2.45, 2.75) is 31.4 Å². The minimum Gasteiger partial charge on any atom is -0.338 e. The molecule has 4 rings (SSSR count). The Hall–Kier alpha value is -3.58. The van der Waals surface area contributed by atoms with E-state index in [1.54, 1.807) is 0 Å². The summed E-state index contributed by atoms with van der Waals surface area (Å²) in [6.07, 6.45) is -8.81. The molecule has 1 saturated heterocycles. The van der Waals surface area contributed by atoms with E-state index in [1.807, 2.05) is 0 Å². The van der Waals surface area contributed by atoms with Crippen molar-refractivity contribution in [3.05, 3.63) is 47.9 Å². The molecule has 0 spiro atoms. The van der Waals surface area contributed by atoms with Gasteiger partial charge in [-0.15, -0.1) is 0 Å². The van der Waals surface area contributed by atoms with Gasteiger partial charge in [0.25, 0.3) is 0 Å². The van der Waals surface area contributed by atoms with Gasteiger partial charge in [0.1, 0.15) is 23.3 Å². The van der Waals surface area contributed by atoms with E-state index in [1.165, 1.54) is 17.0 Å². The zero-order valence-corrected chi connectivity index (χ0v) is 17.2. The van der Waals surface area contributed by atoms with Gasteiger partial charge in [-0.2, -0.15) is 41.3 Å². The molecule has 14 heteroatoms. The second-order valence-corrected chi connectivity index (χ2v) is 7.43. The first-order chi connectivity index (χ1) is 16.0. The number of nitrogens with one attached hydrogen (secondary N) is 1. The van der Waals surface area contributed by atoms with E-state index in [4.69, 9.17) is 0 Å². The van der Waals surface area contributed by atoms with Crippen LogP contribution in [0.4, 0.5) is 48.3 Å². The van der Waals surface area contributed by atoms with Gasteiger partial charge in [-0.1, -0.05) is 6.07 Å². The molecule has 3 aromatic heterocycles. The van der Waals surface area contributed by atoms with E-state index in [0.717, 1.165) is 24.4 Å². The summed E-state index contributed by atoms with van der Waals surface area (Å²) in [5.41, 5.74) is -2.64. The second kappa shape index (κ2) is 8.99. The average Bonchev–Trinajstić information content (AvgIpc) is 2.78. The van der Waals surface area contributed by atoms with Crippen molar-refractivity contribution in [3.63, 3.8) is 0 Å². The average molecular weight is 487 g/mol. The Bertz CT molecular complexity index is 1170. The molecule has 1 aliphatic heterocycles. The molecule has 0 aliphatic carbocycles. The van der Waals surface area contributed by atoms with Crippen LogP contribution in [0.15, 0.2) is 36.5 Å². The number of piperidine rings is 1. The van der Waals surface area contributed by atoms with Gasteiger partial charge >= 0.3 is 12.4 Å². The summed E-state index contributed by atoms with van der Waals surface area (Å²) >= 11 is 0. The predicted molar refractivity (Wildman–Crippen MR) is 107 cm³/mol. The van der Waals surface area contributed by atoms with Crippen molar-refractivity contribution in [1.29, 1.82) is 0 Å². The van der Waals surface area contributed by atoms with Gasteiger partial charge in [-0.3, -0.25) is 4.98 Å². The Morgan fingerprint density at radius 3 is 2.38 bits per heavy atom. The Morgan fingerprint density at radius 1 is 0.912 bits per heavy atom. The third-order valence-corrected chi connectivity index (χ3v) is 4.85. The van der Waals surface area contributed by atoms with Crippen molar-refractivity contribution in [3.8, 4) is 11.5 Å². The number of pyridine rings is 2. The highest BCUT2D eigenvalue weighted by Crippen LogP contribution is 2.31.